The van der Waals surface area contributed by atoms with Crippen LogP contribution in [0.15, 0.2) is 12.2 Å². The Labute approximate surface area is 123 Å². The summed E-state index contributed by atoms with van der Waals surface area (Å²) >= 11 is 0. The standard InChI is InChI=1S/C15H28O4Si/c1-14(2,3)20(5,6)18-12-8-7-10-15(17-4)11-9-13(16)19-15/h9,11H,7-8,10,12H2,1-6H3. The van der Waals surface area contributed by atoms with Crippen LogP contribution in [-0.2, 0) is 18.7 Å². The molecule has 0 aromatic carbocycles. The second kappa shape index (κ2) is 6.41. The van der Waals surface area contributed by atoms with Crippen molar-refractivity contribution in [3.8, 4) is 0 Å². The van der Waals surface area contributed by atoms with Crippen molar-refractivity contribution in [3.05, 3.63) is 12.2 Å². The van der Waals surface area contributed by atoms with Crippen molar-refractivity contribution in [3.63, 3.8) is 0 Å². The molecule has 0 radical (unpaired) electrons. The largest absolute Gasteiger partial charge is 0.426 e. The van der Waals surface area contributed by atoms with E-state index in [1.807, 2.05) is 0 Å². The van der Waals surface area contributed by atoms with E-state index in [0.717, 1.165) is 19.4 Å². The van der Waals surface area contributed by atoms with Gasteiger partial charge in [0, 0.05) is 26.2 Å². The maximum atomic E-state index is 11.1. The van der Waals surface area contributed by atoms with Crippen LogP contribution in [0.2, 0.25) is 18.1 Å². The molecule has 0 saturated carbocycles. The fourth-order valence-corrected chi connectivity index (χ4v) is 2.88. The highest BCUT2D eigenvalue weighted by Crippen LogP contribution is 2.36. The number of ether oxygens (including phenoxy) is 2. The third-order valence-electron chi connectivity index (χ3n) is 4.28. The molecular formula is C15H28O4Si. The number of carbonyl (C=O) groups is 1. The van der Waals surface area contributed by atoms with Crippen LogP contribution in [0.4, 0.5) is 0 Å². The molecule has 1 heterocycles. The lowest BCUT2D eigenvalue weighted by Crippen LogP contribution is -2.41. The van der Waals surface area contributed by atoms with Gasteiger partial charge in [-0.2, -0.15) is 0 Å². The minimum absolute atomic E-state index is 0.241. The van der Waals surface area contributed by atoms with Gasteiger partial charge in [-0.25, -0.2) is 4.79 Å². The molecule has 0 spiro atoms. The average molecular weight is 300 g/mol. The number of unbranched alkanes of at least 4 members (excludes halogenated alkanes) is 1. The molecule has 0 aliphatic carbocycles. The van der Waals surface area contributed by atoms with E-state index in [2.05, 4.69) is 33.9 Å². The van der Waals surface area contributed by atoms with Crippen LogP contribution in [0.3, 0.4) is 0 Å². The van der Waals surface area contributed by atoms with Crippen LogP contribution < -0.4 is 0 Å². The van der Waals surface area contributed by atoms with Gasteiger partial charge in [0.25, 0.3) is 0 Å². The van der Waals surface area contributed by atoms with E-state index in [-0.39, 0.29) is 11.0 Å². The summed E-state index contributed by atoms with van der Waals surface area (Å²) in [4.78, 5) is 11.1. The summed E-state index contributed by atoms with van der Waals surface area (Å²) in [5.74, 6) is -1.18. The van der Waals surface area contributed by atoms with Gasteiger partial charge in [-0.1, -0.05) is 20.8 Å². The number of methoxy groups -OCH3 is 1. The lowest BCUT2D eigenvalue weighted by molar-refractivity contribution is -0.190. The summed E-state index contributed by atoms with van der Waals surface area (Å²) in [5, 5.41) is 0.241. The van der Waals surface area contributed by atoms with Gasteiger partial charge in [-0.15, -0.1) is 0 Å². The summed E-state index contributed by atoms with van der Waals surface area (Å²) < 4.78 is 16.6. The van der Waals surface area contributed by atoms with Crippen molar-refractivity contribution in [1.29, 1.82) is 0 Å². The van der Waals surface area contributed by atoms with Crippen LogP contribution in [0.1, 0.15) is 40.0 Å². The minimum atomic E-state index is -1.65. The Balaban J connectivity index is 2.29. The fraction of sp³-hybridized carbons (Fsp3) is 0.800. The van der Waals surface area contributed by atoms with E-state index in [1.165, 1.54) is 6.08 Å². The monoisotopic (exact) mass is 300 g/mol. The molecule has 0 amide bonds. The summed E-state index contributed by atoms with van der Waals surface area (Å²) in [6.07, 6.45) is 5.65. The molecule has 1 unspecified atom stereocenters. The topological polar surface area (TPSA) is 44.8 Å². The first-order valence-corrected chi connectivity index (χ1v) is 10.1. The SMILES string of the molecule is COC1(CCCCO[Si](C)(C)C(C)(C)C)C=CC(=O)O1. The fourth-order valence-electron chi connectivity index (χ4n) is 1.80. The summed E-state index contributed by atoms with van der Waals surface area (Å²) in [6, 6.07) is 0. The van der Waals surface area contributed by atoms with Crippen molar-refractivity contribution in [2.75, 3.05) is 13.7 Å². The van der Waals surface area contributed by atoms with Crippen LogP contribution >= 0.6 is 0 Å². The Hall–Kier alpha value is -0.653. The third kappa shape index (κ3) is 4.43. The van der Waals surface area contributed by atoms with Crippen LogP contribution in [0, 0.1) is 0 Å². The molecule has 0 N–H and O–H groups in total. The first-order chi connectivity index (χ1) is 9.12. The Kier molecular flexibility index (Phi) is 5.58. The molecule has 0 saturated heterocycles. The molecule has 1 atom stereocenters. The number of hydrogen-bond donors (Lipinski definition) is 0. The first kappa shape index (κ1) is 17.4. The minimum Gasteiger partial charge on any atom is -0.426 e. The van der Waals surface area contributed by atoms with Gasteiger partial charge >= 0.3 is 5.97 Å². The van der Waals surface area contributed by atoms with Gasteiger partial charge < -0.3 is 13.9 Å². The van der Waals surface area contributed by atoms with Crippen LogP contribution in [-0.4, -0.2) is 33.8 Å². The van der Waals surface area contributed by atoms with E-state index in [9.17, 15) is 4.79 Å². The van der Waals surface area contributed by atoms with Gasteiger partial charge in [0.1, 0.15) is 0 Å². The summed E-state index contributed by atoms with van der Waals surface area (Å²) in [6.45, 7) is 12.0. The predicted octanol–water partition coefficient (Wildman–Crippen LogP) is 3.63. The van der Waals surface area contributed by atoms with Crippen molar-refractivity contribution in [2.24, 2.45) is 0 Å². The zero-order valence-electron chi connectivity index (χ0n) is 13.6. The Bertz CT molecular complexity index is 371. The van der Waals surface area contributed by atoms with Crippen molar-refractivity contribution in [1.82, 2.24) is 0 Å². The molecule has 1 rings (SSSR count). The summed E-state index contributed by atoms with van der Waals surface area (Å²) in [7, 11) is -0.0904. The Morgan fingerprint density at radius 1 is 1.30 bits per heavy atom. The number of carbonyl (C=O) groups excluding carboxylic acids is 1. The molecule has 0 aromatic heterocycles. The molecule has 116 valence electrons. The number of rotatable bonds is 7. The highest BCUT2D eigenvalue weighted by Gasteiger charge is 2.37. The van der Waals surface area contributed by atoms with Gasteiger partial charge in [-0.05, 0) is 37.0 Å². The van der Waals surface area contributed by atoms with E-state index >= 15 is 0 Å². The smallest absolute Gasteiger partial charge is 0.333 e. The number of cyclic esters (lactones) is 1. The van der Waals surface area contributed by atoms with Crippen molar-refractivity contribution in [2.45, 2.75) is 64.0 Å². The molecule has 1 aliphatic rings. The molecule has 0 fully saturated rings. The van der Waals surface area contributed by atoms with Gasteiger partial charge in [0.05, 0.1) is 0 Å². The molecule has 1 aliphatic heterocycles. The van der Waals surface area contributed by atoms with Crippen molar-refractivity contribution >= 4 is 14.3 Å². The van der Waals surface area contributed by atoms with Crippen LogP contribution in [0.25, 0.3) is 0 Å². The first-order valence-electron chi connectivity index (χ1n) is 7.23. The number of esters is 1. The summed E-state index contributed by atoms with van der Waals surface area (Å²) in [5.41, 5.74) is 0. The lowest BCUT2D eigenvalue weighted by Gasteiger charge is -2.36. The Morgan fingerprint density at radius 3 is 2.40 bits per heavy atom. The molecule has 0 aromatic rings. The maximum absolute atomic E-state index is 11.1. The van der Waals surface area contributed by atoms with E-state index < -0.39 is 14.1 Å². The molecule has 0 bridgehead atoms. The zero-order valence-corrected chi connectivity index (χ0v) is 14.6. The molecule has 4 nitrogen and oxygen atoms in total. The average Bonchev–Trinajstić information content (AvgIpc) is 2.70. The molecule has 5 heteroatoms. The molecular weight excluding hydrogens is 272 g/mol. The highest BCUT2D eigenvalue weighted by atomic mass is 28.4. The van der Waals surface area contributed by atoms with Gasteiger partial charge in [0.2, 0.25) is 5.79 Å². The highest BCUT2D eigenvalue weighted by molar-refractivity contribution is 6.74. The normalized spacial score (nSPS) is 23.2. The van der Waals surface area contributed by atoms with Crippen LogP contribution in [0.5, 0.6) is 0 Å². The Morgan fingerprint density at radius 2 is 1.95 bits per heavy atom. The molecule has 20 heavy (non-hydrogen) atoms. The second-order valence-corrected chi connectivity index (χ2v) is 11.6. The van der Waals surface area contributed by atoms with E-state index in [1.54, 1.807) is 13.2 Å². The van der Waals surface area contributed by atoms with E-state index in [0.29, 0.717) is 6.42 Å². The lowest BCUT2D eigenvalue weighted by atomic mass is 10.1. The van der Waals surface area contributed by atoms with Crippen molar-refractivity contribution < 1.29 is 18.7 Å². The van der Waals surface area contributed by atoms with Gasteiger partial charge in [0.15, 0.2) is 8.32 Å². The third-order valence-corrected chi connectivity index (χ3v) is 8.82. The zero-order chi connectivity index (χ0) is 15.4. The predicted molar refractivity (Wildman–Crippen MR) is 82.0 cm³/mol. The number of hydrogen-bond acceptors (Lipinski definition) is 4. The second-order valence-electron chi connectivity index (χ2n) is 6.84. The maximum Gasteiger partial charge on any atom is 0.333 e. The van der Waals surface area contributed by atoms with E-state index in [4.69, 9.17) is 13.9 Å². The quantitative estimate of drug-likeness (QED) is 0.409. The van der Waals surface area contributed by atoms with Gasteiger partial charge in [-0.3, -0.25) is 0 Å².